The van der Waals surface area contributed by atoms with Crippen LogP contribution in [0.2, 0.25) is 0 Å². The number of ether oxygens (including phenoxy) is 3. The molecule has 1 aromatic heterocycles. The summed E-state index contributed by atoms with van der Waals surface area (Å²) in [5, 5.41) is 0. The zero-order chi connectivity index (χ0) is 18.1. The lowest BCUT2D eigenvalue weighted by molar-refractivity contribution is -0.158. The number of alkyl halides is 1. The summed E-state index contributed by atoms with van der Waals surface area (Å²) in [4.78, 5) is 47.2. The molecule has 132 valence electrons. The van der Waals surface area contributed by atoms with Crippen LogP contribution in [-0.2, 0) is 23.8 Å². The van der Waals surface area contributed by atoms with Crippen LogP contribution in [-0.4, -0.2) is 46.0 Å². The van der Waals surface area contributed by atoms with Gasteiger partial charge in [-0.2, -0.15) is 0 Å². The number of aromatic amines is 1. The second-order valence-electron chi connectivity index (χ2n) is 5.53. The van der Waals surface area contributed by atoms with E-state index in [1.54, 1.807) is 0 Å². The summed E-state index contributed by atoms with van der Waals surface area (Å²) in [6.07, 6.45) is -2.93. The number of nitrogens with zero attached hydrogens (tertiary/aromatic N) is 1. The van der Waals surface area contributed by atoms with Gasteiger partial charge in [0.2, 0.25) is 0 Å². The second-order valence-corrected chi connectivity index (χ2v) is 5.53. The fraction of sp³-hybridized carbons (Fsp3) is 0.571. The number of rotatable bonds is 4. The first kappa shape index (κ1) is 17.9. The molecule has 4 atom stereocenters. The normalized spacial score (nSPS) is 29.2. The van der Waals surface area contributed by atoms with Crippen LogP contribution in [0.1, 0.15) is 27.0 Å². The van der Waals surface area contributed by atoms with Crippen molar-refractivity contribution in [2.24, 2.45) is 0 Å². The Kier molecular flexibility index (Phi) is 4.88. The van der Waals surface area contributed by atoms with Crippen molar-refractivity contribution in [3.63, 3.8) is 0 Å². The molecule has 10 heteroatoms. The maximum atomic E-state index is 15.2. The highest BCUT2D eigenvalue weighted by Gasteiger charge is 2.58. The van der Waals surface area contributed by atoms with E-state index in [-0.39, 0.29) is 6.61 Å². The molecule has 9 nitrogen and oxygen atoms in total. The highest BCUT2D eigenvalue weighted by atomic mass is 19.1. The number of H-pyrrole nitrogens is 1. The van der Waals surface area contributed by atoms with Crippen LogP contribution in [0, 0.1) is 0 Å². The molecule has 1 N–H and O–H groups in total. The number of nitrogens with one attached hydrogen (secondary N) is 1. The first-order valence-electron chi connectivity index (χ1n) is 7.09. The third kappa shape index (κ3) is 3.53. The van der Waals surface area contributed by atoms with Crippen molar-refractivity contribution in [1.82, 2.24) is 9.55 Å². The minimum absolute atomic E-state index is 0.360. The van der Waals surface area contributed by atoms with Crippen molar-refractivity contribution >= 4 is 11.9 Å². The van der Waals surface area contributed by atoms with Gasteiger partial charge in [0.05, 0.1) is 0 Å². The van der Waals surface area contributed by atoms with Crippen molar-refractivity contribution in [3.8, 4) is 0 Å². The molecule has 1 saturated heterocycles. The summed E-state index contributed by atoms with van der Waals surface area (Å²) < 4.78 is 31.3. The molecule has 0 radical (unpaired) electrons. The minimum Gasteiger partial charge on any atom is -0.463 e. The first-order chi connectivity index (χ1) is 11.1. The van der Waals surface area contributed by atoms with Gasteiger partial charge in [-0.3, -0.25) is 23.9 Å². The van der Waals surface area contributed by atoms with E-state index in [1.807, 2.05) is 4.98 Å². The predicted molar refractivity (Wildman–Crippen MR) is 76.9 cm³/mol. The van der Waals surface area contributed by atoms with Gasteiger partial charge in [0.25, 0.3) is 5.56 Å². The maximum Gasteiger partial charge on any atom is 0.330 e. The standard InChI is InChI=1S/C14H17FN2O7/c1-7(18)22-6-9-11(23-8(2)19)14(3,15)12(24-9)17-5-4-10(20)16-13(17)21/h4-5,9,11-12H,6H2,1-3H3,(H,16,20,21)/t9-,11?,12-,14-/m1/s1. The fourth-order valence-corrected chi connectivity index (χ4v) is 2.52. The number of carbonyl (C=O) groups is 2. The summed E-state index contributed by atoms with van der Waals surface area (Å²) in [7, 11) is 0. The average Bonchev–Trinajstić information content (AvgIpc) is 2.68. The summed E-state index contributed by atoms with van der Waals surface area (Å²) in [6.45, 7) is 2.99. The summed E-state index contributed by atoms with van der Waals surface area (Å²) in [6, 6.07) is 1.03. The second kappa shape index (κ2) is 6.56. The Morgan fingerprint density at radius 1 is 1.38 bits per heavy atom. The van der Waals surface area contributed by atoms with Crippen LogP contribution < -0.4 is 11.2 Å². The Bertz CT molecular complexity index is 754. The van der Waals surface area contributed by atoms with E-state index in [4.69, 9.17) is 14.2 Å². The fourth-order valence-electron chi connectivity index (χ4n) is 2.52. The number of halogens is 1. The van der Waals surface area contributed by atoms with Gasteiger partial charge in [-0.1, -0.05) is 0 Å². The van der Waals surface area contributed by atoms with Gasteiger partial charge in [-0.15, -0.1) is 0 Å². The Balaban J connectivity index is 2.38. The third-order valence-electron chi connectivity index (χ3n) is 3.53. The van der Waals surface area contributed by atoms with E-state index >= 15 is 4.39 Å². The molecule has 0 saturated carbocycles. The van der Waals surface area contributed by atoms with Crippen LogP contribution in [0.5, 0.6) is 0 Å². The van der Waals surface area contributed by atoms with E-state index in [1.165, 1.54) is 0 Å². The van der Waals surface area contributed by atoms with Gasteiger partial charge >= 0.3 is 17.6 Å². The molecule has 24 heavy (non-hydrogen) atoms. The van der Waals surface area contributed by atoms with Gasteiger partial charge in [-0.05, 0) is 6.92 Å². The largest absolute Gasteiger partial charge is 0.463 e. The van der Waals surface area contributed by atoms with Crippen LogP contribution in [0.25, 0.3) is 0 Å². The van der Waals surface area contributed by atoms with Crippen molar-refractivity contribution in [2.45, 2.75) is 44.9 Å². The van der Waals surface area contributed by atoms with Gasteiger partial charge in [-0.25, -0.2) is 9.18 Å². The number of hydrogen-bond acceptors (Lipinski definition) is 7. The van der Waals surface area contributed by atoms with E-state index in [2.05, 4.69) is 0 Å². The topological polar surface area (TPSA) is 117 Å². The highest BCUT2D eigenvalue weighted by molar-refractivity contribution is 5.66. The van der Waals surface area contributed by atoms with Gasteiger partial charge in [0, 0.05) is 26.1 Å². The quantitative estimate of drug-likeness (QED) is 0.742. The predicted octanol–water partition coefficient (Wildman–Crippen LogP) is -0.343. The van der Waals surface area contributed by atoms with E-state index in [0.29, 0.717) is 0 Å². The summed E-state index contributed by atoms with van der Waals surface area (Å²) in [5.41, 5.74) is -3.84. The molecule has 1 fully saturated rings. The molecule has 1 aliphatic heterocycles. The van der Waals surface area contributed by atoms with E-state index in [9.17, 15) is 19.2 Å². The van der Waals surface area contributed by atoms with Crippen molar-refractivity contribution in [1.29, 1.82) is 0 Å². The Hall–Kier alpha value is -2.49. The Morgan fingerprint density at radius 2 is 2.04 bits per heavy atom. The molecular weight excluding hydrogens is 327 g/mol. The lowest BCUT2D eigenvalue weighted by atomic mass is 9.98. The average molecular weight is 344 g/mol. The monoisotopic (exact) mass is 344 g/mol. The third-order valence-corrected chi connectivity index (χ3v) is 3.53. The van der Waals surface area contributed by atoms with Gasteiger partial charge in [0.1, 0.15) is 12.7 Å². The van der Waals surface area contributed by atoms with Gasteiger partial charge < -0.3 is 14.2 Å². The molecule has 1 aliphatic rings. The van der Waals surface area contributed by atoms with Crippen molar-refractivity contribution in [2.75, 3.05) is 6.61 Å². The minimum atomic E-state index is -2.31. The van der Waals surface area contributed by atoms with Gasteiger partial charge in [0.15, 0.2) is 18.0 Å². The van der Waals surface area contributed by atoms with Crippen LogP contribution >= 0.6 is 0 Å². The molecule has 0 aromatic carbocycles. The molecular formula is C14H17FN2O7. The van der Waals surface area contributed by atoms with Crippen LogP contribution in [0.15, 0.2) is 21.9 Å². The zero-order valence-corrected chi connectivity index (χ0v) is 13.3. The van der Waals surface area contributed by atoms with E-state index in [0.717, 1.165) is 37.6 Å². The maximum absolute atomic E-state index is 15.2. The van der Waals surface area contributed by atoms with E-state index < -0.39 is 47.3 Å². The van der Waals surface area contributed by atoms with Crippen molar-refractivity contribution in [3.05, 3.63) is 33.1 Å². The summed E-state index contributed by atoms with van der Waals surface area (Å²) in [5.74, 6) is -1.37. The molecule has 1 unspecified atom stereocenters. The smallest absolute Gasteiger partial charge is 0.330 e. The number of carbonyl (C=O) groups excluding carboxylic acids is 2. The Morgan fingerprint density at radius 3 is 2.58 bits per heavy atom. The Labute approximate surface area is 135 Å². The molecule has 0 amide bonds. The van der Waals surface area contributed by atoms with Crippen LogP contribution in [0.4, 0.5) is 4.39 Å². The number of hydrogen-bond donors (Lipinski definition) is 1. The van der Waals surface area contributed by atoms with Crippen LogP contribution in [0.3, 0.4) is 0 Å². The lowest BCUT2D eigenvalue weighted by Crippen LogP contribution is -2.46. The number of esters is 2. The summed E-state index contributed by atoms with van der Waals surface area (Å²) >= 11 is 0. The van der Waals surface area contributed by atoms with Crippen molar-refractivity contribution < 1.29 is 28.2 Å². The molecule has 1 aromatic rings. The number of aromatic nitrogens is 2. The molecule has 2 heterocycles. The first-order valence-corrected chi connectivity index (χ1v) is 7.09. The SMILES string of the molecule is CC(=O)OC[C@H]1O[C@@H](n2ccc(=O)[nH]c2=O)[C@](C)(F)C1OC(C)=O. The lowest BCUT2D eigenvalue weighted by Gasteiger charge is -2.27. The zero-order valence-electron chi connectivity index (χ0n) is 13.3. The molecule has 0 spiro atoms. The molecule has 2 rings (SSSR count). The molecule has 0 aliphatic carbocycles. The highest BCUT2D eigenvalue weighted by Crippen LogP contribution is 2.42. The molecule has 0 bridgehead atoms.